The van der Waals surface area contributed by atoms with Gasteiger partial charge in [0.25, 0.3) is 0 Å². The molecule has 1 atom stereocenters. The predicted octanol–water partition coefficient (Wildman–Crippen LogP) is 2.18. The monoisotopic (exact) mass is 311 g/mol. The lowest BCUT2D eigenvalue weighted by Crippen LogP contribution is -2.42. The summed E-state index contributed by atoms with van der Waals surface area (Å²) < 4.78 is 28.0. The van der Waals surface area contributed by atoms with Crippen LogP contribution in [0.25, 0.3) is 0 Å². The van der Waals surface area contributed by atoms with Gasteiger partial charge in [0.15, 0.2) is 0 Å². The number of hydrogen-bond acceptors (Lipinski definition) is 4. The van der Waals surface area contributed by atoms with E-state index < -0.39 is 9.84 Å². The van der Waals surface area contributed by atoms with Crippen LogP contribution in [-0.2, 0) is 16.3 Å². The molecule has 0 bridgehead atoms. The fraction of sp³-hybridized carbons (Fsp3) is 0.625. The van der Waals surface area contributed by atoms with Crippen molar-refractivity contribution >= 4 is 9.84 Å². The van der Waals surface area contributed by atoms with Gasteiger partial charge >= 0.3 is 0 Å². The van der Waals surface area contributed by atoms with Gasteiger partial charge in [-0.1, -0.05) is 12.1 Å². The molecule has 1 aliphatic rings. The molecule has 1 fully saturated rings. The van der Waals surface area contributed by atoms with Crippen LogP contribution in [0.2, 0.25) is 0 Å². The topological polar surface area (TPSA) is 55.4 Å². The van der Waals surface area contributed by atoms with Crippen LogP contribution in [-0.4, -0.2) is 39.1 Å². The second-order valence-electron chi connectivity index (χ2n) is 5.88. The molecule has 1 aromatic carbocycles. The first-order chi connectivity index (χ1) is 9.98. The quantitative estimate of drug-likeness (QED) is 0.875. The third-order valence-corrected chi connectivity index (χ3v) is 5.82. The van der Waals surface area contributed by atoms with Crippen LogP contribution in [0.1, 0.15) is 31.7 Å². The predicted molar refractivity (Wildman–Crippen MR) is 85.6 cm³/mol. The van der Waals surface area contributed by atoms with E-state index >= 15 is 0 Å². The van der Waals surface area contributed by atoms with Gasteiger partial charge in [0.05, 0.1) is 18.6 Å². The number of methoxy groups -OCH3 is 1. The zero-order valence-corrected chi connectivity index (χ0v) is 13.7. The molecule has 5 heteroatoms. The van der Waals surface area contributed by atoms with E-state index in [0.717, 1.165) is 31.4 Å². The molecule has 0 amide bonds. The number of sulfone groups is 1. The Kier molecular flexibility index (Phi) is 5.65. The minimum absolute atomic E-state index is 0.329. The highest BCUT2D eigenvalue weighted by Crippen LogP contribution is 2.15. The Balaban J connectivity index is 1.73. The van der Waals surface area contributed by atoms with Crippen molar-refractivity contribution in [2.75, 3.05) is 18.6 Å². The van der Waals surface area contributed by atoms with Crippen molar-refractivity contribution in [1.29, 1.82) is 0 Å². The van der Waals surface area contributed by atoms with Gasteiger partial charge in [-0.3, -0.25) is 0 Å². The molecule has 21 heavy (non-hydrogen) atoms. The summed E-state index contributed by atoms with van der Waals surface area (Å²) in [5.74, 6) is 1.54. The molecular weight excluding hydrogens is 286 g/mol. The Morgan fingerprint density at radius 1 is 1.24 bits per heavy atom. The summed E-state index contributed by atoms with van der Waals surface area (Å²) in [5.41, 5.74) is 1.30. The van der Waals surface area contributed by atoms with Crippen molar-refractivity contribution in [2.45, 2.75) is 44.7 Å². The first kappa shape index (κ1) is 16.3. The normalized spacial score (nSPS) is 20.1. The Labute approximate surface area is 127 Å². The summed E-state index contributed by atoms with van der Waals surface area (Å²) in [6, 6.07) is 8.91. The van der Waals surface area contributed by atoms with Crippen LogP contribution >= 0.6 is 0 Å². The number of aryl methyl sites for hydroxylation is 1. The van der Waals surface area contributed by atoms with Crippen LogP contribution < -0.4 is 10.1 Å². The van der Waals surface area contributed by atoms with E-state index in [-0.39, 0.29) is 0 Å². The Bertz CT molecular complexity index is 525. The summed E-state index contributed by atoms with van der Waals surface area (Å²) >= 11 is 0. The van der Waals surface area contributed by atoms with Crippen LogP contribution in [0.5, 0.6) is 5.75 Å². The van der Waals surface area contributed by atoms with Crippen molar-refractivity contribution in [3.05, 3.63) is 29.8 Å². The van der Waals surface area contributed by atoms with Gasteiger partial charge in [-0.05, 0) is 50.3 Å². The number of benzene rings is 1. The Morgan fingerprint density at radius 3 is 2.43 bits per heavy atom. The molecule has 118 valence electrons. The highest BCUT2D eigenvalue weighted by Gasteiger charge is 2.24. The fourth-order valence-corrected chi connectivity index (χ4v) is 4.21. The third-order valence-electron chi connectivity index (χ3n) is 4.10. The maximum Gasteiger partial charge on any atom is 0.150 e. The largest absolute Gasteiger partial charge is 0.497 e. The molecule has 1 saturated heterocycles. The minimum Gasteiger partial charge on any atom is -0.497 e. The van der Waals surface area contributed by atoms with Gasteiger partial charge < -0.3 is 10.1 Å². The van der Waals surface area contributed by atoms with E-state index in [1.165, 1.54) is 5.56 Å². The number of nitrogens with one attached hydrogen (secondary N) is 1. The molecule has 2 rings (SSSR count). The van der Waals surface area contributed by atoms with Crippen LogP contribution in [0.4, 0.5) is 0 Å². The number of rotatable bonds is 6. The third kappa shape index (κ3) is 5.32. The molecule has 0 aromatic heterocycles. The second-order valence-corrected chi connectivity index (χ2v) is 8.18. The molecule has 1 aromatic rings. The zero-order chi connectivity index (χ0) is 15.3. The first-order valence-electron chi connectivity index (χ1n) is 7.58. The number of ether oxygens (including phenoxy) is 1. The highest BCUT2D eigenvalue weighted by molar-refractivity contribution is 7.91. The van der Waals surface area contributed by atoms with Gasteiger partial charge in [-0.15, -0.1) is 0 Å². The average molecular weight is 311 g/mol. The van der Waals surface area contributed by atoms with Crippen molar-refractivity contribution in [3.63, 3.8) is 0 Å². The molecule has 1 N–H and O–H groups in total. The summed E-state index contributed by atoms with van der Waals surface area (Å²) in [7, 11) is -1.09. The van der Waals surface area contributed by atoms with Crippen molar-refractivity contribution < 1.29 is 13.2 Å². The highest BCUT2D eigenvalue weighted by atomic mass is 32.2. The van der Waals surface area contributed by atoms with Gasteiger partial charge in [0, 0.05) is 12.1 Å². The summed E-state index contributed by atoms with van der Waals surface area (Å²) in [6.07, 6.45) is 3.56. The van der Waals surface area contributed by atoms with E-state index in [9.17, 15) is 8.42 Å². The Hall–Kier alpha value is -1.07. The lowest BCUT2D eigenvalue weighted by molar-refractivity contribution is 0.399. The maximum absolute atomic E-state index is 11.4. The van der Waals surface area contributed by atoms with Gasteiger partial charge in [0.1, 0.15) is 15.6 Å². The molecule has 4 nitrogen and oxygen atoms in total. The second kappa shape index (κ2) is 7.27. The lowest BCUT2D eigenvalue weighted by atomic mass is 10.0. The summed E-state index contributed by atoms with van der Waals surface area (Å²) in [4.78, 5) is 0. The van der Waals surface area contributed by atoms with Crippen LogP contribution in [0.3, 0.4) is 0 Å². The molecule has 1 heterocycles. The molecule has 1 aliphatic heterocycles. The van der Waals surface area contributed by atoms with Crippen molar-refractivity contribution in [1.82, 2.24) is 5.32 Å². The molecule has 0 aliphatic carbocycles. The average Bonchev–Trinajstić information content (AvgIpc) is 2.48. The van der Waals surface area contributed by atoms with E-state index in [2.05, 4.69) is 24.4 Å². The molecule has 0 saturated carbocycles. The zero-order valence-electron chi connectivity index (χ0n) is 12.8. The molecule has 0 spiro atoms. The van der Waals surface area contributed by atoms with Gasteiger partial charge in [-0.25, -0.2) is 8.42 Å². The van der Waals surface area contributed by atoms with Crippen molar-refractivity contribution in [2.24, 2.45) is 0 Å². The van der Waals surface area contributed by atoms with E-state index in [0.29, 0.717) is 23.6 Å². The van der Waals surface area contributed by atoms with Crippen molar-refractivity contribution in [3.8, 4) is 5.75 Å². The first-order valence-corrected chi connectivity index (χ1v) is 9.40. The van der Waals surface area contributed by atoms with E-state index in [1.807, 2.05) is 12.1 Å². The van der Waals surface area contributed by atoms with E-state index in [1.54, 1.807) is 7.11 Å². The standard InChI is InChI=1S/C16H25NO3S/c1-13(17-15-9-11-21(18,19)12-10-15)3-4-14-5-7-16(20-2)8-6-14/h5-8,13,15,17H,3-4,9-12H2,1-2H3/t13-/m0/s1. The number of hydrogen-bond donors (Lipinski definition) is 1. The van der Waals surface area contributed by atoms with Crippen LogP contribution in [0.15, 0.2) is 24.3 Å². The van der Waals surface area contributed by atoms with Gasteiger partial charge in [0.2, 0.25) is 0 Å². The molecule has 0 radical (unpaired) electrons. The molecular formula is C16H25NO3S. The summed E-state index contributed by atoms with van der Waals surface area (Å²) in [6.45, 7) is 2.17. The van der Waals surface area contributed by atoms with E-state index in [4.69, 9.17) is 4.74 Å². The van der Waals surface area contributed by atoms with Crippen LogP contribution in [0, 0.1) is 0 Å². The smallest absolute Gasteiger partial charge is 0.150 e. The van der Waals surface area contributed by atoms with Gasteiger partial charge in [-0.2, -0.15) is 0 Å². The SMILES string of the molecule is COc1ccc(CC[C@H](C)NC2CCS(=O)(=O)CC2)cc1. The summed E-state index contributed by atoms with van der Waals surface area (Å²) in [5, 5.41) is 3.56. The lowest BCUT2D eigenvalue weighted by Gasteiger charge is -2.26. The fourth-order valence-electron chi connectivity index (χ4n) is 2.72. The maximum atomic E-state index is 11.4. The Morgan fingerprint density at radius 2 is 1.86 bits per heavy atom. The molecule has 0 unspecified atom stereocenters. The minimum atomic E-state index is -2.77.